The summed E-state index contributed by atoms with van der Waals surface area (Å²) in [5, 5.41) is 6.33. The summed E-state index contributed by atoms with van der Waals surface area (Å²) in [5.41, 5.74) is 0. The quantitative estimate of drug-likeness (QED) is 0.723. The molecule has 0 fully saturated rings. The van der Waals surface area contributed by atoms with Crippen molar-refractivity contribution in [2.45, 2.75) is 13.5 Å². The molecule has 0 unspecified atom stereocenters. The van der Waals surface area contributed by atoms with Gasteiger partial charge >= 0.3 is 0 Å². The molecule has 0 saturated heterocycles. The van der Waals surface area contributed by atoms with Crippen LogP contribution in [-0.4, -0.2) is 31.3 Å². The molecule has 0 spiro atoms. The average molecular weight is 321 g/mol. The zero-order valence-electron chi connectivity index (χ0n) is 11.3. The first-order valence-electron chi connectivity index (χ1n) is 6.45. The van der Waals surface area contributed by atoms with E-state index in [0.29, 0.717) is 11.9 Å². The van der Waals surface area contributed by atoms with E-state index in [1.165, 1.54) is 4.88 Å². The fourth-order valence-electron chi connectivity index (χ4n) is 1.88. The van der Waals surface area contributed by atoms with E-state index in [0.717, 1.165) is 13.1 Å². The molecule has 0 saturated carbocycles. The second-order valence-corrected chi connectivity index (χ2v) is 5.62. The first-order valence-corrected chi connectivity index (χ1v) is 7.71. The fourth-order valence-corrected chi connectivity index (χ4v) is 2.75. The predicted molar refractivity (Wildman–Crippen MR) is 83.0 cm³/mol. The molecule has 21 heavy (non-hydrogen) atoms. The molecule has 8 heteroatoms. The maximum Gasteiger partial charge on any atom is 0.256 e. The summed E-state index contributed by atoms with van der Waals surface area (Å²) in [7, 11) is 0. The Morgan fingerprint density at radius 2 is 2.19 bits per heavy atom. The third-order valence-electron chi connectivity index (χ3n) is 2.89. The maximum absolute atomic E-state index is 6.02. The van der Waals surface area contributed by atoms with Crippen molar-refractivity contribution in [1.29, 1.82) is 0 Å². The van der Waals surface area contributed by atoms with Crippen LogP contribution < -0.4 is 4.90 Å². The van der Waals surface area contributed by atoms with Crippen LogP contribution in [0.4, 0.5) is 5.95 Å². The first kappa shape index (κ1) is 14.0. The van der Waals surface area contributed by atoms with Crippen LogP contribution in [0.25, 0.3) is 5.95 Å². The van der Waals surface area contributed by atoms with Crippen molar-refractivity contribution in [3.63, 3.8) is 0 Å². The van der Waals surface area contributed by atoms with Gasteiger partial charge in [-0.1, -0.05) is 6.07 Å². The number of hydrogen-bond acceptors (Lipinski definition) is 6. The van der Waals surface area contributed by atoms with Crippen molar-refractivity contribution in [2.24, 2.45) is 0 Å². The van der Waals surface area contributed by atoms with Gasteiger partial charge < -0.3 is 4.90 Å². The summed E-state index contributed by atoms with van der Waals surface area (Å²) < 4.78 is 1.57. The number of nitrogens with zero attached hydrogens (tertiary/aromatic N) is 6. The Labute approximate surface area is 131 Å². The highest BCUT2D eigenvalue weighted by atomic mass is 35.5. The highest BCUT2D eigenvalue weighted by molar-refractivity contribution is 7.09. The van der Waals surface area contributed by atoms with Gasteiger partial charge in [-0.2, -0.15) is 20.1 Å². The molecule has 0 N–H and O–H groups in total. The van der Waals surface area contributed by atoms with Crippen LogP contribution in [0.15, 0.2) is 36.0 Å². The van der Waals surface area contributed by atoms with Gasteiger partial charge in [0.15, 0.2) is 0 Å². The van der Waals surface area contributed by atoms with Gasteiger partial charge in [0, 0.05) is 23.8 Å². The monoisotopic (exact) mass is 320 g/mol. The summed E-state index contributed by atoms with van der Waals surface area (Å²) in [6.07, 6.45) is 3.44. The minimum absolute atomic E-state index is 0.162. The minimum Gasteiger partial charge on any atom is -0.336 e. The smallest absolute Gasteiger partial charge is 0.256 e. The lowest BCUT2D eigenvalue weighted by Gasteiger charge is -2.20. The summed E-state index contributed by atoms with van der Waals surface area (Å²) in [6, 6.07) is 5.93. The highest BCUT2D eigenvalue weighted by Gasteiger charge is 2.13. The molecule has 0 aliphatic carbocycles. The van der Waals surface area contributed by atoms with Gasteiger partial charge in [-0.05, 0) is 36.0 Å². The van der Waals surface area contributed by atoms with E-state index in [-0.39, 0.29) is 5.28 Å². The van der Waals surface area contributed by atoms with Gasteiger partial charge in [-0.25, -0.2) is 4.68 Å². The summed E-state index contributed by atoms with van der Waals surface area (Å²) in [4.78, 5) is 16.1. The molecule has 3 aromatic rings. The van der Waals surface area contributed by atoms with Crippen LogP contribution in [0.3, 0.4) is 0 Å². The Bertz CT molecular complexity index is 698. The summed E-state index contributed by atoms with van der Waals surface area (Å²) in [5.74, 6) is 0.969. The lowest BCUT2D eigenvalue weighted by Crippen LogP contribution is -2.24. The van der Waals surface area contributed by atoms with E-state index in [1.807, 2.05) is 11.0 Å². The molecule has 6 nitrogen and oxygen atoms in total. The predicted octanol–water partition coefficient (Wildman–Crippen LogP) is 2.80. The van der Waals surface area contributed by atoms with E-state index in [1.54, 1.807) is 34.5 Å². The molecule has 0 radical (unpaired) electrons. The molecule has 0 aromatic carbocycles. The third-order valence-corrected chi connectivity index (χ3v) is 3.92. The Hall–Kier alpha value is -1.99. The molecule has 0 atom stereocenters. The van der Waals surface area contributed by atoms with Crippen LogP contribution in [-0.2, 0) is 6.54 Å². The van der Waals surface area contributed by atoms with E-state index in [9.17, 15) is 0 Å². The van der Waals surface area contributed by atoms with E-state index < -0.39 is 0 Å². The van der Waals surface area contributed by atoms with Gasteiger partial charge in [-0.15, -0.1) is 11.3 Å². The zero-order chi connectivity index (χ0) is 14.7. The van der Waals surface area contributed by atoms with Crippen molar-refractivity contribution in [1.82, 2.24) is 24.7 Å². The largest absolute Gasteiger partial charge is 0.336 e. The van der Waals surface area contributed by atoms with Gasteiger partial charge in [0.1, 0.15) is 0 Å². The molecule has 108 valence electrons. The molecule has 3 heterocycles. The number of aromatic nitrogens is 5. The van der Waals surface area contributed by atoms with Crippen molar-refractivity contribution in [2.75, 3.05) is 11.4 Å². The van der Waals surface area contributed by atoms with Crippen LogP contribution in [0.1, 0.15) is 11.8 Å². The van der Waals surface area contributed by atoms with E-state index in [4.69, 9.17) is 11.6 Å². The standard InChI is InChI=1S/C13H13ClN6S/c1-2-19(9-10-5-3-8-21-10)12-16-11(14)17-13(18-12)20-7-4-6-15-20/h3-8H,2,9H2,1H3. The average Bonchev–Trinajstić information content (AvgIpc) is 3.17. The third kappa shape index (κ3) is 3.20. The van der Waals surface area contributed by atoms with Gasteiger partial charge in [-0.3, -0.25) is 0 Å². The second-order valence-electron chi connectivity index (χ2n) is 4.25. The Morgan fingerprint density at radius 3 is 2.86 bits per heavy atom. The van der Waals surface area contributed by atoms with Crippen LogP contribution in [0.2, 0.25) is 5.28 Å². The molecule has 3 aromatic heterocycles. The number of rotatable bonds is 5. The highest BCUT2D eigenvalue weighted by Crippen LogP contribution is 2.18. The number of halogens is 1. The molecule has 0 aliphatic rings. The molecular weight excluding hydrogens is 308 g/mol. The van der Waals surface area contributed by atoms with Crippen molar-refractivity contribution >= 4 is 28.9 Å². The normalized spacial score (nSPS) is 10.8. The van der Waals surface area contributed by atoms with Crippen LogP contribution >= 0.6 is 22.9 Å². The van der Waals surface area contributed by atoms with Gasteiger partial charge in [0.2, 0.25) is 11.2 Å². The molecule has 3 rings (SSSR count). The Morgan fingerprint density at radius 1 is 1.29 bits per heavy atom. The SMILES string of the molecule is CCN(Cc1cccs1)c1nc(Cl)nc(-n2cccn2)n1. The van der Waals surface area contributed by atoms with Crippen molar-refractivity contribution in [3.8, 4) is 5.95 Å². The Kier molecular flexibility index (Phi) is 4.12. The fraction of sp³-hybridized carbons (Fsp3) is 0.231. The first-order chi connectivity index (χ1) is 10.3. The number of thiophene rings is 1. The molecular formula is C13H13ClN6S. The van der Waals surface area contributed by atoms with Crippen molar-refractivity contribution < 1.29 is 0 Å². The van der Waals surface area contributed by atoms with Crippen molar-refractivity contribution in [3.05, 3.63) is 46.1 Å². The summed E-state index contributed by atoms with van der Waals surface area (Å²) >= 11 is 7.73. The van der Waals surface area contributed by atoms with E-state index in [2.05, 4.69) is 38.4 Å². The lowest BCUT2D eigenvalue weighted by molar-refractivity contribution is 0.751. The number of anilines is 1. The van der Waals surface area contributed by atoms with Gasteiger partial charge in [0.05, 0.1) is 6.54 Å². The van der Waals surface area contributed by atoms with Gasteiger partial charge in [0.25, 0.3) is 5.95 Å². The molecule has 0 amide bonds. The maximum atomic E-state index is 6.02. The topological polar surface area (TPSA) is 59.7 Å². The Balaban J connectivity index is 1.93. The van der Waals surface area contributed by atoms with Crippen LogP contribution in [0.5, 0.6) is 0 Å². The minimum atomic E-state index is 0.162. The molecule has 0 aliphatic heterocycles. The molecule has 0 bridgehead atoms. The lowest BCUT2D eigenvalue weighted by atomic mass is 10.4. The summed E-state index contributed by atoms with van der Waals surface area (Å²) in [6.45, 7) is 3.57. The number of hydrogen-bond donors (Lipinski definition) is 0. The zero-order valence-corrected chi connectivity index (χ0v) is 12.9. The van der Waals surface area contributed by atoms with E-state index >= 15 is 0 Å². The second kappa shape index (κ2) is 6.19. The van der Waals surface area contributed by atoms with Crippen LogP contribution in [0, 0.1) is 0 Å².